The van der Waals surface area contributed by atoms with Gasteiger partial charge in [-0.25, -0.2) is 0 Å². The highest BCUT2D eigenvalue weighted by Gasteiger charge is 2.41. The largest absolute Gasteiger partial charge is 0.491 e. The maximum absolute atomic E-state index is 11.2. The van der Waals surface area contributed by atoms with Crippen molar-refractivity contribution in [1.82, 2.24) is 0 Å². The Morgan fingerprint density at radius 1 is 1.33 bits per heavy atom. The van der Waals surface area contributed by atoms with Gasteiger partial charge in [0.1, 0.15) is 5.75 Å². The Kier molecular flexibility index (Phi) is 2.86. The molecule has 4 heteroatoms. The fraction of sp³-hybridized carbons (Fsp3) is 0.500. The van der Waals surface area contributed by atoms with Crippen LogP contribution in [0, 0.1) is 5.92 Å². The molecule has 0 spiro atoms. The zero-order chi connectivity index (χ0) is 12.5. The second kappa shape index (κ2) is 4.52. The lowest BCUT2D eigenvalue weighted by Gasteiger charge is -2.43. The van der Waals surface area contributed by atoms with Crippen LogP contribution in [0.3, 0.4) is 0 Å². The molecule has 1 aliphatic carbocycles. The van der Waals surface area contributed by atoms with Gasteiger partial charge in [-0.15, -0.1) is 0 Å². The average molecular weight is 247 g/mol. The van der Waals surface area contributed by atoms with Crippen molar-refractivity contribution >= 4 is 11.7 Å². The number of aliphatic carboxylic acids is 1. The average Bonchev–Trinajstić information content (AvgIpc) is 2.50. The number of ether oxygens (including phenoxy) is 1. The van der Waals surface area contributed by atoms with Gasteiger partial charge in [0.15, 0.2) is 0 Å². The molecule has 0 saturated heterocycles. The molecule has 4 nitrogen and oxygen atoms in total. The highest BCUT2D eigenvalue weighted by Crippen LogP contribution is 2.40. The number of fused-ring (bicyclic) bond motifs is 1. The Morgan fingerprint density at radius 2 is 2.17 bits per heavy atom. The Morgan fingerprint density at radius 3 is 2.89 bits per heavy atom. The minimum absolute atomic E-state index is 0.130. The third kappa shape index (κ3) is 1.82. The Hall–Kier alpha value is -1.71. The molecule has 2 atom stereocenters. The van der Waals surface area contributed by atoms with Gasteiger partial charge in [0.2, 0.25) is 0 Å². The first-order valence-electron chi connectivity index (χ1n) is 6.48. The van der Waals surface area contributed by atoms with Crippen LogP contribution in [0.1, 0.15) is 19.3 Å². The monoisotopic (exact) mass is 247 g/mol. The SMILES string of the molecule is O=C(O)C1CCC1N1CCCOc2ccccc21. The molecule has 1 heterocycles. The summed E-state index contributed by atoms with van der Waals surface area (Å²) in [6.45, 7) is 1.59. The second-order valence-electron chi connectivity index (χ2n) is 4.95. The minimum Gasteiger partial charge on any atom is -0.491 e. The van der Waals surface area contributed by atoms with Gasteiger partial charge in [0.05, 0.1) is 18.2 Å². The van der Waals surface area contributed by atoms with Gasteiger partial charge in [-0.3, -0.25) is 4.79 Å². The second-order valence-corrected chi connectivity index (χ2v) is 4.95. The van der Waals surface area contributed by atoms with Crippen molar-refractivity contribution in [2.24, 2.45) is 5.92 Å². The highest BCUT2D eigenvalue weighted by atomic mass is 16.5. The van der Waals surface area contributed by atoms with Crippen molar-refractivity contribution in [3.8, 4) is 5.75 Å². The number of benzene rings is 1. The summed E-state index contributed by atoms with van der Waals surface area (Å²) in [4.78, 5) is 13.4. The van der Waals surface area contributed by atoms with Gasteiger partial charge >= 0.3 is 5.97 Å². The first-order chi connectivity index (χ1) is 8.77. The Labute approximate surface area is 106 Å². The van der Waals surface area contributed by atoms with Crippen molar-refractivity contribution in [3.05, 3.63) is 24.3 Å². The van der Waals surface area contributed by atoms with Gasteiger partial charge in [-0.2, -0.15) is 0 Å². The van der Waals surface area contributed by atoms with Gasteiger partial charge in [0.25, 0.3) is 0 Å². The molecular formula is C14H17NO3. The van der Waals surface area contributed by atoms with Crippen LogP contribution in [0.5, 0.6) is 5.75 Å². The van der Waals surface area contributed by atoms with Gasteiger partial charge in [-0.1, -0.05) is 12.1 Å². The van der Waals surface area contributed by atoms with Crippen LogP contribution in [0.4, 0.5) is 5.69 Å². The number of hydrogen-bond acceptors (Lipinski definition) is 3. The lowest BCUT2D eigenvalue weighted by atomic mass is 9.78. The molecule has 18 heavy (non-hydrogen) atoms. The van der Waals surface area contributed by atoms with E-state index in [1.165, 1.54) is 0 Å². The fourth-order valence-electron chi connectivity index (χ4n) is 2.84. The zero-order valence-corrected chi connectivity index (χ0v) is 10.2. The molecule has 2 unspecified atom stereocenters. The number of carbonyl (C=O) groups is 1. The summed E-state index contributed by atoms with van der Waals surface area (Å²) in [6, 6.07) is 8.05. The van der Waals surface area contributed by atoms with Crippen LogP contribution in [0.15, 0.2) is 24.3 Å². The van der Waals surface area contributed by atoms with Gasteiger partial charge < -0.3 is 14.7 Å². The molecule has 1 aliphatic heterocycles. The fourth-order valence-corrected chi connectivity index (χ4v) is 2.84. The summed E-state index contributed by atoms with van der Waals surface area (Å²) < 4.78 is 5.70. The first kappa shape index (κ1) is 11.4. The summed E-state index contributed by atoms with van der Waals surface area (Å²) in [7, 11) is 0. The number of anilines is 1. The van der Waals surface area contributed by atoms with Gasteiger partial charge in [-0.05, 0) is 31.4 Å². The first-order valence-corrected chi connectivity index (χ1v) is 6.48. The Bertz CT molecular complexity index is 460. The van der Waals surface area contributed by atoms with E-state index in [1.54, 1.807) is 0 Å². The van der Waals surface area contributed by atoms with E-state index in [2.05, 4.69) is 4.90 Å². The maximum atomic E-state index is 11.2. The predicted octanol–water partition coefficient (Wildman–Crippen LogP) is 2.14. The highest BCUT2D eigenvalue weighted by molar-refractivity contribution is 5.74. The quantitative estimate of drug-likeness (QED) is 0.870. The molecule has 1 aromatic carbocycles. The van der Waals surface area contributed by atoms with E-state index in [0.717, 1.165) is 37.2 Å². The topological polar surface area (TPSA) is 49.8 Å². The van der Waals surface area contributed by atoms with E-state index < -0.39 is 5.97 Å². The normalized spacial score (nSPS) is 26.6. The van der Waals surface area contributed by atoms with Crippen molar-refractivity contribution in [2.45, 2.75) is 25.3 Å². The number of para-hydroxylation sites is 2. The number of rotatable bonds is 2. The zero-order valence-electron chi connectivity index (χ0n) is 10.2. The third-order valence-corrected chi connectivity index (χ3v) is 3.93. The van der Waals surface area contributed by atoms with Crippen LogP contribution in [-0.4, -0.2) is 30.3 Å². The summed E-state index contributed by atoms with van der Waals surface area (Å²) in [5.74, 6) is -0.0175. The molecule has 3 rings (SSSR count). The maximum Gasteiger partial charge on any atom is 0.308 e. The molecule has 2 aliphatic rings. The molecule has 0 amide bonds. The van der Waals surface area contributed by atoms with Crippen LogP contribution in [-0.2, 0) is 4.79 Å². The van der Waals surface area contributed by atoms with Crippen LogP contribution < -0.4 is 9.64 Å². The molecule has 0 bridgehead atoms. The van der Waals surface area contributed by atoms with Gasteiger partial charge in [0, 0.05) is 12.6 Å². The van der Waals surface area contributed by atoms with Crippen LogP contribution >= 0.6 is 0 Å². The van der Waals surface area contributed by atoms with Crippen molar-refractivity contribution in [2.75, 3.05) is 18.1 Å². The van der Waals surface area contributed by atoms with E-state index in [1.807, 2.05) is 24.3 Å². The summed E-state index contributed by atoms with van der Waals surface area (Å²) in [5.41, 5.74) is 1.05. The lowest BCUT2D eigenvalue weighted by Crippen LogP contribution is -2.50. The number of carboxylic acids is 1. The molecular weight excluding hydrogens is 230 g/mol. The number of carboxylic acid groups (broad SMARTS) is 1. The molecule has 0 aromatic heterocycles. The summed E-state index contributed by atoms with van der Waals surface area (Å²) in [5, 5.41) is 9.19. The van der Waals surface area contributed by atoms with E-state index in [9.17, 15) is 9.90 Å². The number of hydrogen-bond donors (Lipinski definition) is 1. The van der Waals surface area contributed by atoms with E-state index >= 15 is 0 Å². The summed E-state index contributed by atoms with van der Waals surface area (Å²) in [6.07, 6.45) is 2.70. The Balaban J connectivity index is 1.90. The van der Waals surface area contributed by atoms with E-state index in [-0.39, 0.29) is 12.0 Å². The molecule has 0 radical (unpaired) electrons. The molecule has 1 N–H and O–H groups in total. The molecule has 96 valence electrons. The molecule has 1 aromatic rings. The van der Waals surface area contributed by atoms with E-state index in [0.29, 0.717) is 6.61 Å². The van der Waals surface area contributed by atoms with Crippen molar-refractivity contribution < 1.29 is 14.6 Å². The summed E-state index contributed by atoms with van der Waals surface area (Å²) >= 11 is 0. The number of nitrogens with zero attached hydrogens (tertiary/aromatic N) is 1. The third-order valence-electron chi connectivity index (χ3n) is 3.93. The molecule has 1 fully saturated rings. The molecule has 1 saturated carbocycles. The van der Waals surface area contributed by atoms with Crippen LogP contribution in [0.2, 0.25) is 0 Å². The minimum atomic E-state index is -0.672. The lowest BCUT2D eigenvalue weighted by molar-refractivity contribution is -0.145. The smallest absolute Gasteiger partial charge is 0.308 e. The van der Waals surface area contributed by atoms with Crippen molar-refractivity contribution in [3.63, 3.8) is 0 Å². The standard InChI is InChI=1S/C14H17NO3/c16-14(17)10-6-7-11(10)15-8-3-9-18-13-5-2-1-4-12(13)15/h1-2,4-5,10-11H,3,6-9H2,(H,16,17). The van der Waals surface area contributed by atoms with Crippen molar-refractivity contribution in [1.29, 1.82) is 0 Å². The van der Waals surface area contributed by atoms with Crippen LogP contribution in [0.25, 0.3) is 0 Å². The van der Waals surface area contributed by atoms with E-state index in [4.69, 9.17) is 4.74 Å². The predicted molar refractivity (Wildman–Crippen MR) is 68.0 cm³/mol.